The van der Waals surface area contributed by atoms with Gasteiger partial charge in [0.05, 0.1) is 19.0 Å². The topological polar surface area (TPSA) is 58.6 Å². The largest absolute Gasteiger partial charge is 0.379 e. The third-order valence-electron chi connectivity index (χ3n) is 4.30. The highest BCUT2D eigenvalue weighted by Gasteiger charge is 2.12. The third kappa shape index (κ3) is 6.17. The minimum absolute atomic E-state index is 0.0185. The van der Waals surface area contributed by atoms with Crippen LogP contribution in [0.15, 0.2) is 53.0 Å². The van der Waals surface area contributed by atoms with Gasteiger partial charge in [0.1, 0.15) is 0 Å². The van der Waals surface area contributed by atoms with Crippen molar-refractivity contribution in [3.8, 4) is 0 Å². The normalized spacial score (nSPS) is 15.9. The number of hydrogen-bond acceptors (Lipinski definition) is 4. The second-order valence-corrected chi connectivity index (χ2v) is 9.13. The predicted octanol–water partition coefficient (Wildman–Crippen LogP) is 2.90. The fourth-order valence-electron chi connectivity index (χ4n) is 2.82. The Morgan fingerprint density at radius 2 is 1.50 bits per heavy atom. The molecule has 1 N–H and O–H groups in total. The lowest BCUT2D eigenvalue weighted by Crippen LogP contribution is -2.35. The molecule has 1 heterocycles. The quantitative estimate of drug-likeness (QED) is 0.721. The van der Waals surface area contributed by atoms with Gasteiger partial charge in [-0.3, -0.25) is 4.90 Å². The van der Waals surface area contributed by atoms with Gasteiger partial charge in [-0.05, 0) is 28.8 Å². The first-order valence-electron chi connectivity index (χ1n) is 8.60. The lowest BCUT2D eigenvalue weighted by Gasteiger charge is -2.26. The van der Waals surface area contributed by atoms with E-state index in [0.717, 1.165) is 48.4 Å². The van der Waals surface area contributed by atoms with Crippen LogP contribution in [0.4, 0.5) is 0 Å². The van der Waals surface area contributed by atoms with Crippen molar-refractivity contribution in [2.24, 2.45) is 0 Å². The first-order chi connectivity index (χ1) is 12.5. The number of morpholine rings is 1. The molecular weight excluding hydrogens is 416 g/mol. The highest BCUT2D eigenvalue weighted by molar-refractivity contribution is 9.10. The van der Waals surface area contributed by atoms with E-state index in [1.807, 2.05) is 36.4 Å². The maximum atomic E-state index is 12.2. The first kappa shape index (κ1) is 19.5. The molecule has 0 aromatic heterocycles. The molecule has 0 aliphatic carbocycles. The molecule has 0 spiro atoms. The van der Waals surface area contributed by atoms with E-state index < -0.39 is 10.0 Å². The second kappa shape index (κ2) is 9.10. The summed E-state index contributed by atoms with van der Waals surface area (Å²) in [6, 6.07) is 15.4. The Labute approximate surface area is 163 Å². The van der Waals surface area contributed by atoms with Crippen molar-refractivity contribution in [1.82, 2.24) is 9.62 Å². The van der Waals surface area contributed by atoms with Gasteiger partial charge in [0.2, 0.25) is 10.0 Å². The number of nitrogens with zero attached hydrogens (tertiary/aromatic N) is 1. The summed E-state index contributed by atoms with van der Waals surface area (Å²) in [5.41, 5.74) is 2.95. The lowest BCUT2D eigenvalue weighted by atomic mass is 10.1. The molecule has 26 heavy (non-hydrogen) atoms. The predicted molar refractivity (Wildman–Crippen MR) is 106 cm³/mol. The highest BCUT2D eigenvalue weighted by Crippen LogP contribution is 2.13. The van der Waals surface area contributed by atoms with Crippen LogP contribution in [-0.2, 0) is 33.6 Å². The molecule has 2 aromatic rings. The zero-order chi connectivity index (χ0) is 18.4. The molecule has 0 atom stereocenters. The Balaban J connectivity index is 1.51. The van der Waals surface area contributed by atoms with Crippen molar-refractivity contribution in [3.05, 3.63) is 69.7 Å². The van der Waals surface area contributed by atoms with Gasteiger partial charge >= 0.3 is 0 Å². The smallest absolute Gasteiger partial charge is 0.216 e. The van der Waals surface area contributed by atoms with E-state index in [1.165, 1.54) is 5.56 Å². The van der Waals surface area contributed by atoms with Crippen molar-refractivity contribution >= 4 is 26.0 Å². The molecule has 0 bridgehead atoms. The molecule has 1 saturated heterocycles. The van der Waals surface area contributed by atoms with Crippen LogP contribution in [0.1, 0.15) is 16.7 Å². The van der Waals surface area contributed by atoms with Gasteiger partial charge in [0, 0.05) is 30.7 Å². The van der Waals surface area contributed by atoms with Gasteiger partial charge in [-0.25, -0.2) is 13.1 Å². The second-order valence-electron chi connectivity index (χ2n) is 6.41. The fraction of sp³-hybridized carbons (Fsp3) is 0.368. The summed E-state index contributed by atoms with van der Waals surface area (Å²) in [7, 11) is -3.37. The molecule has 1 aliphatic rings. The number of halogens is 1. The van der Waals surface area contributed by atoms with Crippen LogP contribution < -0.4 is 4.72 Å². The Kier molecular flexibility index (Phi) is 6.83. The zero-order valence-electron chi connectivity index (χ0n) is 14.5. The molecule has 1 aliphatic heterocycles. The first-order valence-corrected chi connectivity index (χ1v) is 11.0. The van der Waals surface area contributed by atoms with Crippen molar-refractivity contribution in [2.75, 3.05) is 26.3 Å². The van der Waals surface area contributed by atoms with Crippen LogP contribution in [0.5, 0.6) is 0 Å². The Morgan fingerprint density at radius 3 is 2.15 bits per heavy atom. The van der Waals surface area contributed by atoms with Gasteiger partial charge in [0.25, 0.3) is 0 Å². The summed E-state index contributed by atoms with van der Waals surface area (Å²) < 4.78 is 33.5. The van der Waals surface area contributed by atoms with Gasteiger partial charge in [-0.2, -0.15) is 0 Å². The van der Waals surface area contributed by atoms with Gasteiger partial charge in [-0.1, -0.05) is 52.3 Å². The number of nitrogens with one attached hydrogen (secondary N) is 1. The molecular formula is C19H23BrN2O3S. The third-order valence-corrected chi connectivity index (χ3v) is 6.13. The molecule has 1 fully saturated rings. The summed E-state index contributed by atoms with van der Waals surface area (Å²) in [5, 5.41) is 0. The SMILES string of the molecule is O=S(=O)(Cc1ccc(Br)cc1)NCc1ccc(CN2CCOCC2)cc1. The zero-order valence-corrected chi connectivity index (χ0v) is 16.9. The maximum absolute atomic E-state index is 12.2. The number of ether oxygens (including phenoxy) is 1. The Morgan fingerprint density at radius 1 is 0.923 bits per heavy atom. The van der Waals surface area contributed by atoms with Crippen LogP contribution in [-0.4, -0.2) is 39.6 Å². The summed E-state index contributed by atoms with van der Waals surface area (Å²) in [4.78, 5) is 2.36. The number of hydrogen-bond donors (Lipinski definition) is 1. The number of benzene rings is 2. The van der Waals surface area contributed by atoms with Crippen molar-refractivity contribution < 1.29 is 13.2 Å². The van der Waals surface area contributed by atoms with Crippen LogP contribution in [0.2, 0.25) is 0 Å². The molecule has 0 unspecified atom stereocenters. The molecule has 140 valence electrons. The van der Waals surface area contributed by atoms with Gasteiger partial charge in [-0.15, -0.1) is 0 Å². The highest BCUT2D eigenvalue weighted by atomic mass is 79.9. The molecule has 0 saturated carbocycles. The summed E-state index contributed by atoms with van der Waals surface area (Å²) in [6.45, 7) is 4.70. The lowest BCUT2D eigenvalue weighted by molar-refractivity contribution is 0.0342. The van der Waals surface area contributed by atoms with Crippen LogP contribution in [0.25, 0.3) is 0 Å². The molecule has 7 heteroatoms. The van der Waals surface area contributed by atoms with E-state index in [2.05, 4.69) is 37.7 Å². The minimum atomic E-state index is -3.37. The maximum Gasteiger partial charge on any atom is 0.216 e. The average Bonchev–Trinajstić information content (AvgIpc) is 2.64. The Bertz CT molecular complexity index is 802. The van der Waals surface area contributed by atoms with Gasteiger partial charge < -0.3 is 4.74 Å². The van der Waals surface area contributed by atoms with E-state index in [0.29, 0.717) is 6.54 Å². The molecule has 5 nitrogen and oxygen atoms in total. The number of sulfonamides is 1. The Hall–Kier alpha value is -1.25. The molecule has 0 amide bonds. The monoisotopic (exact) mass is 438 g/mol. The molecule has 0 radical (unpaired) electrons. The van der Waals surface area contributed by atoms with E-state index in [4.69, 9.17) is 4.74 Å². The van der Waals surface area contributed by atoms with E-state index in [1.54, 1.807) is 0 Å². The van der Waals surface area contributed by atoms with Crippen molar-refractivity contribution in [3.63, 3.8) is 0 Å². The minimum Gasteiger partial charge on any atom is -0.379 e. The van der Waals surface area contributed by atoms with E-state index in [-0.39, 0.29) is 5.75 Å². The molecule has 3 rings (SSSR count). The summed E-state index contributed by atoms with van der Waals surface area (Å²) >= 11 is 3.35. The molecule has 2 aromatic carbocycles. The van der Waals surface area contributed by atoms with Gasteiger partial charge in [0.15, 0.2) is 0 Å². The van der Waals surface area contributed by atoms with Crippen LogP contribution in [0.3, 0.4) is 0 Å². The fourth-order valence-corrected chi connectivity index (χ4v) is 4.21. The van der Waals surface area contributed by atoms with Crippen molar-refractivity contribution in [2.45, 2.75) is 18.8 Å². The standard InChI is InChI=1S/C19H23BrN2O3S/c20-19-7-5-18(6-8-19)15-26(23,24)21-13-16-1-3-17(4-2-16)14-22-9-11-25-12-10-22/h1-8,21H,9-15H2. The van der Waals surface area contributed by atoms with E-state index >= 15 is 0 Å². The number of rotatable bonds is 7. The van der Waals surface area contributed by atoms with Crippen LogP contribution in [0, 0.1) is 0 Å². The average molecular weight is 439 g/mol. The van der Waals surface area contributed by atoms with Crippen LogP contribution >= 0.6 is 15.9 Å². The summed E-state index contributed by atoms with van der Waals surface area (Å²) in [5.74, 6) is -0.0185. The van der Waals surface area contributed by atoms with Crippen molar-refractivity contribution in [1.29, 1.82) is 0 Å². The summed E-state index contributed by atoms with van der Waals surface area (Å²) in [6.07, 6.45) is 0. The van der Waals surface area contributed by atoms with E-state index in [9.17, 15) is 8.42 Å².